The molecular formula is C27H38F2N4O3S2. The normalized spacial score (nSPS) is 20.2. The molecule has 1 aliphatic heterocycles. The molecule has 1 N–H and O–H groups in total. The number of para-hydroxylation sites is 1. The number of rotatable bonds is 10. The molecule has 1 amide bonds. The topological polar surface area (TPSA) is 82.6 Å². The lowest BCUT2D eigenvalue weighted by molar-refractivity contribution is -0.121. The maximum absolute atomic E-state index is 13.6. The number of piperidine rings is 1. The highest BCUT2D eigenvalue weighted by Crippen LogP contribution is 2.37. The minimum Gasteiger partial charge on any atom is -0.353 e. The van der Waals surface area contributed by atoms with Crippen molar-refractivity contribution in [2.75, 3.05) is 29.7 Å². The highest BCUT2D eigenvalue weighted by Gasteiger charge is 2.38. The number of benzene rings is 1. The number of nitrogens with one attached hydrogen (secondary N) is 1. The van der Waals surface area contributed by atoms with Crippen LogP contribution >= 0.6 is 11.3 Å². The van der Waals surface area contributed by atoms with Gasteiger partial charge in [-0.2, -0.15) is 0 Å². The lowest BCUT2D eigenvalue weighted by Gasteiger charge is -2.39. The Labute approximate surface area is 228 Å². The molecule has 4 rings (SSSR count). The van der Waals surface area contributed by atoms with Crippen molar-refractivity contribution in [3.63, 3.8) is 0 Å². The summed E-state index contributed by atoms with van der Waals surface area (Å²) in [6.07, 6.45) is 1.83. The van der Waals surface area contributed by atoms with Crippen LogP contribution in [0, 0.1) is 12.8 Å². The molecule has 2 heterocycles. The summed E-state index contributed by atoms with van der Waals surface area (Å²) < 4.78 is 55.8. The summed E-state index contributed by atoms with van der Waals surface area (Å²) >= 11 is 1.54. The van der Waals surface area contributed by atoms with E-state index in [0.29, 0.717) is 5.69 Å². The van der Waals surface area contributed by atoms with Gasteiger partial charge in [0.1, 0.15) is 0 Å². The number of carbonyl (C=O) groups excluding carboxylic acids is 1. The second-order valence-corrected chi connectivity index (χ2v) is 13.7. The van der Waals surface area contributed by atoms with Crippen LogP contribution in [0.5, 0.6) is 0 Å². The van der Waals surface area contributed by atoms with Crippen molar-refractivity contribution in [3.8, 4) is 0 Å². The summed E-state index contributed by atoms with van der Waals surface area (Å²) in [6, 6.07) is 9.07. The molecule has 0 bridgehead atoms. The van der Waals surface area contributed by atoms with Gasteiger partial charge in [-0.3, -0.25) is 14.0 Å². The first-order chi connectivity index (χ1) is 18.0. The number of thiazole rings is 1. The van der Waals surface area contributed by atoms with E-state index >= 15 is 0 Å². The maximum Gasteiger partial charge on any atom is 0.248 e. The Morgan fingerprint density at radius 3 is 2.45 bits per heavy atom. The minimum absolute atomic E-state index is 0.0244. The molecule has 1 aliphatic carbocycles. The van der Waals surface area contributed by atoms with Crippen LogP contribution in [-0.4, -0.2) is 67.6 Å². The molecule has 1 unspecified atom stereocenters. The smallest absolute Gasteiger partial charge is 0.248 e. The van der Waals surface area contributed by atoms with E-state index in [1.54, 1.807) is 12.1 Å². The number of carbonyl (C=O) groups is 1. The number of aryl methyl sites for hydroxylation is 1. The molecule has 1 saturated heterocycles. The highest BCUT2D eigenvalue weighted by molar-refractivity contribution is 7.92. The third-order valence-corrected chi connectivity index (χ3v) is 10.4. The van der Waals surface area contributed by atoms with Gasteiger partial charge in [0.25, 0.3) is 0 Å². The largest absolute Gasteiger partial charge is 0.353 e. The minimum atomic E-state index is -3.70. The van der Waals surface area contributed by atoms with Crippen molar-refractivity contribution < 1.29 is 22.0 Å². The molecular weight excluding hydrogens is 530 g/mol. The number of nitrogens with zero attached hydrogens (tertiary/aromatic N) is 3. The van der Waals surface area contributed by atoms with E-state index in [0.717, 1.165) is 36.6 Å². The maximum atomic E-state index is 13.6. The number of amides is 1. The first kappa shape index (κ1) is 28.9. The summed E-state index contributed by atoms with van der Waals surface area (Å²) in [7, 11) is -3.70. The number of hydrogen-bond acceptors (Lipinski definition) is 6. The van der Waals surface area contributed by atoms with Crippen LogP contribution in [-0.2, 0) is 21.2 Å². The van der Waals surface area contributed by atoms with E-state index in [9.17, 15) is 22.0 Å². The number of aromatic nitrogens is 1. The molecule has 2 aromatic rings. The summed E-state index contributed by atoms with van der Waals surface area (Å²) in [5, 5.41) is 5.98. The van der Waals surface area contributed by atoms with E-state index in [-0.39, 0.29) is 68.3 Å². The Hall–Kier alpha value is -2.11. The van der Waals surface area contributed by atoms with Gasteiger partial charge in [-0.15, -0.1) is 11.3 Å². The second-order valence-electron chi connectivity index (χ2n) is 10.7. The molecule has 2 aliphatic rings. The molecule has 1 aromatic carbocycles. The van der Waals surface area contributed by atoms with E-state index in [1.807, 2.05) is 37.4 Å². The van der Waals surface area contributed by atoms with Gasteiger partial charge in [0.2, 0.25) is 21.9 Å². The molecule has 1 aromatic heterocycles. The van der Waals surface area contributed by atoms with Crippen molar-refractivity contribution in [2.45, 2.75) is 76.8 Å². The summed E-state index contributed by atoms with van der Waals surface area (Å²) in [5.74, 6) is -3.08. The molecule has 0 radical (unpaired) electrons. The fourth-order valence-corrected chi connectivity index (χ4v) is 8.01. The lowest BCUT2D eigenvalue weighted by Crippen LogP contribution is -2.51. The lowest BCUT2D eigenvalue weighted by atomic mass is 9.88. The van der Waals surface area contributed by atoms with Crippen molar-refractivity contribution in [1.82, 2.24) is 15.2 Å². The summed E-state index contributed by atoms with van der Waals surface area (Å²) in [6.45, 7) is 5.74. The average molecular weight is 569 g/mol. The van der Waals surface area contributed by atoms with Crippen LogP contribution in [0.4, 0.5) is 14.5 Å². The van der Waals surface area contributed by atoms with Gasteiger partial charge >= 0.3 is 0 Å². The van der Waals surface area contributed by atoms with Gasteiger partial charge in [0.15, 0.2) is 0 Å². The van der Waals surface area contributed by atoms with Crippen molar-refractivity contribution in [3.05, 3.63) is 46.4 Å². The van der Waals surface area contributed by atoms with Crippen molar-refractivity contribution >= 4 is 33.0 Å². The summed E-state index contributed by atoms with van der Waals surface area (Å²) in [5.41, 5.74) is 1.39. The Kier molecular flexibility index (Phi) is 9.41. The fourth-order valence-electron chi connectivity index (χ4n) is 5.40. The third-order valence-electron chi connectivity index (χ3n) is 7.62. The van der Waals surface area contributed by atoms with Crippen LogP contribution in [0.15, 0.2) is 35.7 Å². The summed E-state index contributed by atoms with van der Waals surface area (Å²) in [4.78, 5) is 19.1. The van der Waals surface area contributed by atoms with Crippen LogP contribution < -0.4 is 9.62 Å². The number of sulfonamides is 1. The van der Waals surface area contributed by atoms with Crippen LogP contribution in [0.2, 0.25) is 0 Å². The van der Waals surface area contributed by atoms with Gasteiger partial charge in [-0.25, -0.2) is 22.2 Å². The number of anilines is 1. The zero-order valence-electron chi connectivity index (χ0n) is 22.1. The average Bonchev–Trinajstić information content (AvgIpc) is 3.28. The Morgan fingerprint density at radius 1 is 1.18 bits per heavy atom. The van der Waals surface area contributed by atoms with E-state index in [2.05, 4.69) is 15.2 Å². The Morgan fingerprint density at radius 2 is 1.84 bits per heavy atom. The second kappa shape index (κ2) is 12.4. The quantitative estimate of drug-likeness (QED) is 0.452. The Balaban J connectivity index is 1.33. The SMILES string of the molecule is Cc1nc(CC(=O)NC2CCN(C(C)CN(c3ccccc3)S(=O)(=O)CC3CCC(F)(F)CC3)CC2)cs1. The van der Waals surface area contributed by atoms with Gasteiger partial charge in [-0.1, -0.05) is 18.2 Å². The van der Waals surface area contributed by atoms with Crippen LogP contribution in [0.25, 0.3) is 0 Å². The standard InChI is InChI=1S/C27H38F2N4O3S2/c1-20(32-14-10-23(11-15-32)31-26(34)16-24-18-37-21(2)30-24)17-33(25-6-4-3-5-7-25)38(35,36)19-22-8-12-27(28,29)13-9-22/h3-7,18,20,22-23H,8-17,19H2,1-2H3,(H,31,34). The van der Waals surface area contributed by atoms with Crippen LogP contribution in [0.3, 0.4) is 0 Å². The molecule has 1 atom stereocenters. The fraction of sp³-hybridized carbons (Fsp3) is 0.630. The van der Waals surface area contributed by atoms with Gasteiger partial charge in [-0.05, 0) is 57.6 Å². The molecule has 210 valence electrons. The van der Waals surface area contributed by atoms with Gasteiger partial charge in [0.05, 0.1) is 28.6 Å². The molecule has 1 saturated carbocycles. The van der Waals surface area contributed by atoms with Crippen LogP contribution in [0.1, 0.15) is 56.2 Å². The highest BCUT2D eigenvalue weighted by atomic mass is 32.2. The first-order valence-corrected chi connectivity index (χ1v) is 15.9. The van der Waals surface area contributed by atoms with E-state index in [1.165, 1.54) is 15.6 Å². The third kappa shape index (κ3) is 7.95. The predicted octanol–water partition coefficient (Wildman–Crippen LogP) is 4.63. The number of halogens is 2. The molecule has 0 spiro atoms. The number of hydrogen-bond donors (Lipinski definition) is 1. The molecule has 2 fully saturated rings. The number of likely N-dealkylation sites (tertiary alicyclic amines) is 1. The van der Waals surface area contributed by atoms with Gasteiger partial charge < -0.3 is 5.32 Å². The molecule has 38 heavy (non-hydrogen) atoms. The first-order valence-electron chi connectivity index (χ1n) is 13.4. The molecule has 11 heteroatoms. The van der Waals surface area contributed by atoms with E-state index in [4.69, 9.17) is 0 Å². The van der Waals surface area contributed by atoms with Gasteiger partial charge in [0, 0.05) is 49.9 Å². The van der Waals surface area contributed by atoms with Crippen molar-refractivity contribution in [1.29, 1.82) is 0 Å². The molecule has 7 nitrogen and oxygen atoms in total. The Bertz CT molecular complexity index is 1160. The predicted molar refractivity (Wildman–Crippen MR) is 147 cm³/mol. The van der Waals surface area contributed by atoms with E-state index < -0.39 is 15.9 Å². The monoisotopic (exact) mass is 568 g/mol. The zero-order chi connectivity index (χ0) is 27.3. The number of alkyl halides is 2. The zero-order valence-corrected chi connectivity index (χ0v) is 23.7. The van der Waals surface area contributed by atoms with Crippen molar-refractivity contribution in [2.24, 2.45) is 5.92 Å².